The number of carbonyl (C=O) groups excluding carboxylic acids is 3. The quantitative estimate of drug-likeness (QED) is 0.0228. The molecule has 0 bridgehead atoms. The number of rotatable bonds is 48. The van der Waals surface area contributed by atoms with Crippen molar-refractivity contribution >= 4 is 23.9 Å². The molecule has 12 nitrogen and oxygen atoms in total. The Morgan fingerprint density at radius 3 is 1.33 bits per heavy atom. The van der Waals surface area contributed by atoms with Crippen molar-refractivity contribution in [3.8, 4) is 0 Å². The van der Waals surface area contributed by atoms with Crippen LogP contribution in [-0.2, 0) is 42.9 Å². The van der Waals surface area contributed by atoms with Crippen LogP contribution in [0.2, 0.25) is 0 Å². The number of aliphatic hydroxyl groups is 2. The lowest BCUT2D eigenvalue weighted by Gasteiger charge is -2.40. The van der Waals surface area contributed by atoms with E-state index in [1.165, 1.54) is 128 Å². The second-order valence-electron chi connectivity index (χ2n) is 19.6. The molecule has 1 aliphatic heterocycles. The van der Waals surface area contributed by atoms with Gasteiger partial charge in [-0.05, 0) is 51.4 Å². The van der Waals surface area contributed by atoms with Gasteiger partial charge in [0.1, 0.15) is 18.8 Å². The zero-order valence-corrected chi connectivity index (χ0v) is 44.1. The number of aliphatic hydroxyl groups excluding tert-OH is 2. The number of allylic oxidation sites excluding steroid dienone is 4. The first kappa shape index (κ1) is 64.2. The van der Waals surface area contributed by atoms with E-state index >= 15 is 0 Å². The van der Waals surface area contributed by atoms with Gasteiger partial charge in [-0.15, -0.1) is 0 Å². The summed E-state index contributed by atoms with van der Waals surface area (Å²) in [5.41, 5.74) is 0. The van der Waals surface area contributed by atoms with E-state index in [9.17, 15) is 34.5 Å². The predicted molar refractivity (Wildman–Crippen MR) is 276 cm³/mol. The normalized spacial score (nSPS) is 18.8. The van der Waals surface area contributed by atoms with Crippen LogP contribution in [0.5, 0.6) is 0 Å². The Hall–Kier alpha value is -2.80. The van der Waals surface area contributed by atoms with Crippen molar-refractivity contribution in [3.05, 3.63) is 24.3 Å². The van der Waals surface area contributed by atoms with Crippen LogP contribution in [0.3, 0.4) is 0 Å². The Morgan fingerprint density at radius 2 is 0.870 bits per heavy atom. The standard InChI is InChI=1S/C57H102O12/c1-4-7-10-13-16-19-21-23-24-25-26-28-29-32-34-37-40-43-49(58)65-46-48(67-50(59)44-41-38-35-31-18-15-12-9-6-3)47-66-57-55(53(62)52(61)54(69-57)56(63)64)68-51(60)45-42-39-36-33-30-27-22-20-17-14-11-8-5-2/h16,19,23-24,48,52-55,57,61-62H,4-15,17-18,20-22,25-47H2,1-3H3,(H,63,64)/b19-16-,24-23-. The van der Waals surface area contributed by atoms with Crippen molar-refractivity contribution in [1.82, 2.24) is 0 Å². The molecule has 12 heteroatoms. The molecule has 0 aromatic rings. The van der Waals surface area contributed by atoms with Gasteiger partial charge in [-0.2, -0.15) is 0 Å². The first-order valence-electron chi connectivity index (χ1n) is 28.3. The van der Waals surface area contributed by atoms with E-state index in [4.69, 9.17) is 23.7 Å². The maximum absolute atomic E-state index is 13.0. The molecule has 6 unspecified atom stereocenters. The molecule has 0 amide bonds. The molecule has 1 rings (SSSR count). The lowest BCUT2D eigenvalue weighted by molar-refractivity contribution is -0.301. The van der Waals surface area contributed by atoms with E-state index in [2.05, 4.69) is 45.1 Å². The highest BCUT2D eigenvalue weighted by atomic mass is 16.7. The molecule has 1 fully saturated rings. The first-order chi connectivity index (χ1) is 33.6. The smallest absolute Gasteiger partial charge is 0.335 e. The molecule has 6 atom stereocenters. The SMILES string of the molecule is CCCCC/C=C\C/C=C\CCCCCCCCCC(=O)OCC(COC1OC(C(=O)O)C(O)C(O)C1OC(=O)CCCCCCCCCCCCCCC)OC(=O)CCCCCCCCCCC. The minimum Gasteiger partial charge on any atom is -0.479 e. The summed E-state index contributed by atoms with van der Waals surface area (Å²) in [4.78, 5) is 50.9. The molecular formula is C57H102O12. The molecular weight excluding hydrogens is 877 g/mol. The van der Waals surface area contributed by atoms with E-state index in [1.807, 2.05) is 0 Å². The second-order valence-corrected chi connectivity index (χ2v) is 19.6. The maximum atomic E-state index is 13.0. The molecule has 0 aromatic heterocycles. The van der Waals surface area contributed by atoms with E-state index in [1.54, 1.807) is 0 Å². The molecule has 0 spiro atoms. The van der Waals surface area contributed by atoms with Crippen molar-refractivity contribution in [2.45, 2.75) is 302 Å². The average Bonchev–Trinajstić information content (AvgIpc) is 3.33. The van der Waals surface area contributed by atoms with Crippen molar-refractivity contribution in [2.75, 3.05) is 13.2 Å². The monoisotopic (exact) mass is 979 g/mol. The van der Waals surface area contributed by atoms with Crippen LogP contribution in [0.25, 0.3) is 0 Å². The number of carboxylic acid groups (broad SMARTS) is 1. The lowest BCUT2D eigenvalue weighted by atomic mass is 9.98. The Labute approximate surface area is 419 Å². The molecule has 1 heterocycles. The number of aliphatic carboxylic acids is 1. The van der Waals surface area contributed by atoms with Crippen LogP contribution in [-0.4, -0.2) is 89.2 Å². The number of esters is 3. The highest BCUT2D eigenvalue weighted by Gasteiger charge is 2.50. The summed E-state index contributed by atoms with van der Waals surface area (Å²) in [5.74, 6) is -3.10. The van der Waals surface area contributed by atoms with Crippen molar-refractivity contribution in [1.29, 1.82) is 0 Å². The van der Waals surface area contributed by atoms with Gasteiger partial charge in [-0.1, -0.05) is 218 Å². The van der Waals surface area contributed by atoms with Crippen LogP contribution in [0, 0.1) is 0 Å². The third-order valence-corrected chi connectivity index (χ3v) is 13.0. The van der Waals surface area contributed by atoms with Gasteiger partial charge in [-0.3, -0.25) is 14.4 Å². The summed E-state index contributed by atoms with van der Waals surface area (Å²) in [7, 11) is 0. The minimum atomic E-state index is -1.90. The third kappa shape index (κ3) is 36.7. The first-order valence-corrected chi connectivity index (χ1v) is 28.3. The fourth-order valence-corrected chi connectivity index (χ4v) is 8.63. The van der Waals surface area contributed by atoms with Crippen LogP contribution >= 0.6 is 0 Å². The average molecular weight is 979 g/mol. The van der Waals surface area contributed by atoms with Crippen molar-refractivity contribution < 1.29 is 58.2 Å². The summed E-state index contributed by atoms with van der Waals surface area (Å²) in [6.45, 7) is 5.94. The summed E-state index contributed by atoms with van der Waals surface area (Å²) in [5, 5.41) is 31.4. The second kappa shape index (κ2) is 46.3. The summed E-state index contributed by atoms with van der Waals surface area (Å²) in [6.07, 6.45) is 38.8. The third-order valence-electron chi connectivity index (χ3n) is 13.0. The zero-order chi connectivity index (χ0) is 50.4. The number of unbranched alkanes of at least 4 members (excludes halogenated alkanes) is 30. The molecule has 0 saturated carbocycles. The molecule has 0 radical (unpaired) electrons. The molecule has 0 aliphatic carbocycles. The van der Waals surface area contributed by atoms with E-state index in [-0.39, 0.29) is 25.9 Å². The molecule has 1 aliphatic rings. The van der Waals surface area contributed by atoms with Gasteiger partial charge >= 0.3 is 23.9 Å². The fourth-order valence-electron chi connectivity index (χ4n) is 8.63. The summed E-state index contributed by atoms with van der Waals surface area (Å²) >= 11 is 0. The van der Waals surface area contributed by atoms with E-state index in [0.717, 1.165) is 77.0 Å². The van der Waals surface area contributed by atoms with Gasteiger partial charge in [0.05, 0.1) is 6.61 Å². The number of ether oxygens (including phenoxy) is 5. The highest BCUT2D eigenvalue weighted by Crippen LogP contribution is 2.26. The minimum absolute atomic E-state index is 0.0662. The van der Waals surface area contributed by atoms with Crippen molar-refractivity contribution in [3.63, 3.8) is 0 Å². The zero-order valence-electron chi connectivity index (χ0n) is 44.1. The van der Waals surface area contributed by atoms with Crippen LogP contribution in [0.15, 0.2) is 24.3 Å². The largest absolute Gasteiger partial charge is 0.479 e. The topological polar surface area (TPSA) is 175 Å². The number of carboxylic acids is 1. The van der Waals surface area contributed by atoms with Gasteiger partial charge in [0.25, 0.3) is 0 Å². The number of carbonyl (C=O) groups is 4. The van der Waals surface area contributed by atoms with Gasteiger partial charge in [0.2, 0.25) is 0 Å². The van der Waals surface area contributed by atoms with Gasteiger partial charge < -0.3 is 39.0 Å². The fraction of sp³-hybridized carbons (Fsp3) is 0.860. The molecule has 402 valence electrons. The maximum Gasteiger partial charge on any atom is 0.335 e. The molecule has 69 heavy (non-hydrogen) atoms. The van der Waals surface area contributed by atoms with Crippen LogP contribution in [0.1, 0.15) is 265 Å². The predicted octanol–water partition coefficient (Wildman–Crippen LogP) is 13.9. The van der Waals surface area contributed by atoms with Gasteiger partial charge in [-0.25, -0.2) is 4.79 Å². The van der Waals surface area contributed by atoms with Crippen LogP contribution in [0.4, 0.5) is 0 Å². The Bertz CT molecular complexity index is 1300. The highest BCUT2D eigenvalue weighted by molar-refractivity contribution is 5.74. The lowest BCUT2D eigenvalue weighted by Crippen LogP contribution is -2.61. The van der Waals surface area contributed by atoms with Crippen molar-refractivity contribution in [2.24, 2.45) is 0 Å². The Morgan fingerprint density at radius 1 is 0.478 bits per heavy atom. The number of hydrogen-bond donors (Lipinski definition) is 3. The summed E-state index contributed by atoms with van der Waals surface area (Å²) in [6, 6.07) is 0. The van der Waals surface area contributed by atoms with Gasteiger partial charge in [0, 0.05) is 19.3 Å². The molecule has 1 saturated heterocycles. The van der Waals surface area contributed by atoms with E-state index < -0.39 is 67.3 Å². The Balaban J connectivity index is 2.66. The van der Waals surface area contributed by atoms with Crippen LogP contribution < -0.4 is 0 Å². The molecule has 3 N–H and O–H groups in total. The Kier molecular flexibility index (Phi) is 43.1. The molecule has 0 aromatic carbocycles. The van der Waals surface area contributed by atoms with Gasteiger partial charge in [0.15, 0.2) is 24.6 Å². The summed E-state index contributed by atoms with van der Waals surface area (Å²) < 4.78 is 28.3. The van der Waals surface area contributed by atoms with E-state index in [0.29, 0.717) is 19.3 Å². The number of hydrogen-bond acceptors (Lipinski definition) is 11.